The number of rotatable bonds is 6. The fourth-order valence-corrected chi connectivity index (χ4v) is 6.38. The molecule has 2 aromatic rings. The average molecular weight is 558 g/mol. The largest absolute Gasteiger partial charge is 0.368 e. The number of nitrogens with two attached hydrogens (primary N) is 2. The molecule has 1 aliphatic heterocycles. The van der Waals surface area contributed by atoms with E-state index in [0.717, 1.165) is 5.56 Å². The Balaban J connectivity index is 1.86. The van der Waals surface area contributed by atoms with Crippen LogP contribution < -0.4 is 27.4 Å². The molecule has 0 bridgehead atoms. The summed E-state index contributed by atoms with van der Waals surface area (Å²) in [6.45, 7) is 3.72. The molecule has 0 radical (unpaired) electrons. The van der Waals surface area contributed by atoms with Crippen LogP contribution in [0.3, 0.4) is 0 Å². The van der Waals surface area contributed by atoms with E-state index in [0.29, 0.717) is 22.8 Å². The predicted octanol–water partition coefficient (Wildman–Crippen LogP) is 1.13. The molecule has 1 unspecified atom stereocenters. The molecule has 4 amide bonds. The SMILES string of the molecule is CC1(C)SCCSCC(NC(=O)[C@@H](N)c2ccccc2)C(=O)N[C@@H](Cc2ccccc2)C(=O)N[C@H]1C(N)=O. The maximum atomic E-state index is 13.4. The minimum atomic E-state index is -1.000. The topological polar surface area (TPSA) is 156 Å². The third-order valence-corrected chi connectivity index (χ3v) is 8.95. The number of nitrogens with one attached hydrogen (secondary N) is 3. The van der Waals surface area contributed by atoms with E-state index >= 15 is 0 Å². The normalized spacial score (nSPS) is 23.4. The number of primary amides is 1. The smallest absolute Gasteiger partial charge is 0.244 e. The first-order valence-corrected chi connectivity index (χ1v) is 14.5. The third-order valence-electron chi connectivity index (χ3n) is 6.24. The van der Waals surface area contributed by atoms with Crippen molar-refractivity contribution in [2.24, 2.45) is 11.5 Å². The first kappa shape index (κ1) is 29.5. The van der Waals surface area contributed by atoms with Crippen molar-refractivity contribution in [3.8, 4) is 0 Å². The van der Waals surface area contributed by atoms with Gasteiger partial charge in [0, 0.05) is 28.4 Å². The van der Waals surface area contributed by atoms with E-state index in [1.165, 1.54) is 23.5 Å². The van der Waals surface area contributed by atoms with Crippen molar-refractivity contribution in [1.29, 1.82) is 0 Å². The van der Waals surface area contributed by atoms with Crippen LogP contribution in [0.4, 0.5) is 0 Å². The van der Waals surface area contributed by atoms with Gasteiger partial charge in [0.25, 0.3) is 0 Å². The second-order valence-electron chi connectivity index (χ2n) is 9.57. The number of amides is 4. The molecule has 7 N–H and O–H groups in total. The van der Waals surface area contributed by atoms with Gasteiger partial charge < -0.3 is 27.4 Å². The lowest BCUT2D eigenvalue weighted by Crippen LogP contribution is -2.61. The van der Waals surface area contributed by atoms with E-state index in [2.05, 4.69) is 16.0 Å². The lowest BCUT2D eigenvalue weighted by molar-refractivity contribution is -0.133. The van der Waals surface area contributed by atoms with Crippen LogP contribution in [0.5, 0.6) is 0 Å². The van der Waals surface area contributed by atoms with Crippen molar-refractivity contribution in [2.45, 2.75) is 49.2 Å². The molecule has 3 rings (SSSR count). The first-order valence-electron chi connectivity index (χ1n) is 12.3. The van der Waals surface area contributed by atoms with Gasteiger partial charge in [0.2, 0.25) is 23.6 Å². The maximum absolute atomic E-state index is 13.4. The highest BCUT2D eigenvalue weighted by atomic mass is 32.2. The number of carbonyl (C=O) groups is 4. The van der Waals surface area contributed by atoms with Crippen molar-refractivity contribution >= 4 is 47.2 Å². The molecule has 11 heteroatoms. The third kappa shape index (κ3) is 8.24. The van der Waals surface area contributed by atoms with Crippen LogP contribution in [0.15, 0.2) is 60.7 Å². The Hall–Kier alpha value is -3.02. The molecule has 0 aromatic heterocycles. The van der Waals surface area contributed by atoms with Crippen LogP contribution in [0, 0.1) is 0 Å². The molecular weight excluding hydrogens is 522 g/mol. The van der Waals surface area contributed by atoms with Gasteiger partial charge in [0.15, 0.2) is 0 Å². The van der Waals surface area contributed by atoms with Crippen molar-refractivity contribution in [3.05, 3.63) is 71.8 Å². The molecule has 1 saturated heterocycles. The molecule has 1 aliphatic rings. The van der Waals surface area contributed by atoms with Crippen molar-refractivity contribution < 1.29 is 19.2 Å². The second kappa shape index (κ2) is 13.7. The van der Waals surface area contributed by atoms with Gasteiger partial charge >= 0.3 is 0 Å². The van der Waals surface area contributed by atoms with Crippen LogP contribution in [-0.2, 0) is 25.6 Å². The molecule has 204 valence electrons. The molecule has 9 nitrogen and oxygen atoms in total. The number of thioether (sulfide) groups is 2. The van der Waals surface area contributed by atoms with Gasteiger partial charge in [-0.15, -0.1) is 0 Å². The zero-order valence-corrected chi connectivity index (χ0v) is 23.1. The van der Waals surface area contributed by atoms with Crippen molar-refractivity contribution in [3.63, 3.8) is 0 Å². The maximum Gasteiger partial charge on any atom is 0.244 e. The molecule has 0 spiro atoms. The van der Waals surface area contributed by atoms with E-state index in [-0.39, 0.29) is 6.42 Å². The van der Waals surface area contributed by atoms with Gasteiger partial charge in [0.05, 0.1) is 0 Å². The molecule has 1 heterocycles. The van der Waals surface area contributed by atoms with Crippen molar-refractivity contribution in [2.75, 3.05) is 17.3 Å². The number of hydrogen-bond acceptors (Lipinski definition) is 7. The van der Waals surface area contributed by atoms with Gasteiger partial charge in [-0.2, -0.15) is 23.5 Å². The monoisotopic (exact) mass is 557 g/mol. The second-order valence-corrected chi connectivity index (χ2v) is 12.5. The molecule has 0 saturated carbocycles. The predicted molar refractivity (Wildman–Crippen MR) is 152 cm³/mol. The minimum absolute atomic E-state index is 0.189. The molecule has 2 aromatic carbocycles. The average Bonchev–Trinajstić information content (AvgIpc) is 2.90. The van der Waals surface area contributed by atoms with E-state index in [1.54, 1.807) is 24.3 Å². The summed E-state index contributed by atoms with van der Waals surface area (Å²) < 4.78 is -0.673. The van der Waals surface area contributed by atoms with Crippen LogP contribution in [-0.4, -0.2) is 63.8 Å². The van der Waals surface area contributed by atoms with E-state index in [4.69, 9.17) is 11.5 Å². The van der Waals surface area contributed by atoms with E-state index < -0.39 is 52.5 Å². The number of hydrogen-bond donors (Lipinski definition) is 5. The van der Waals surface area contributed by atoms with Gasteiger partial charge in [-0.3, -0.25) is 19.2 Å². The summed E-state index contributed by atoms with van der Waals surface area (Å²) in [6.07, 6.45) is 0.189. The Kier molecular flexibility index (Phi) is 10.6. The fourth-order valence-electron chi connectivity index (χ4n) is 4.07. The Labute approximate surface area is 231 Å². The van der Waals surface area contributed by atoms with Crippen LogP contribution in [0.25, 0.3) is 0 Å². The van der Waals surface area contributed by atoms with Crippen molar-refractivity contribution in [1.82, 2.24) is 16.0 Å². The summed E-state index contributed by atoms with van der Waals surface area (Å²) in [5.74, 6) is -0.583. The summed E-state index contributed by atoms with van der Waals surface area (Å²) in [4.78, 5) is 52.2. The minimum Gasteiger partial charge on any atom is -0.368 e. The van der Waals surface area contributed by atoms with E-state index in [1.807, 2.05) is 50.2 Å². The lowest BCUT2D eigenvalue weighted by Gasteiger charge is -2.33. The Bertz CT molecular complexity index is 1120. The highest BCUT2D eigenvalue weighted by molar-refractivity contribution is 8.03. The molecular formula is C27H35N5O4S2. The molecule has 4 atom stereocenters. The van der Waals surface area contributed by atoms with Gasteiger partial charge in [-0.25, -0.2) is 0 Å². The summed E-state index contributed by atoms with van der Waals surface area (Å²) in [6, 6.07) is 14.3. The van der Waals surface area contributed by atoms with Crippen LogP contribution in [0.2, 0.25) is 0 Å². The summed E-state index contributed by atoms with van der Waals surface area (Å²) >= 11 is 3.01. The van der Waals surface area contributed by atoms with Gasteiger partial charge in [0.1, 0.15) is 24.2 Å². The first-order chi connectivity index (χ1) is 18.1. The number of benzene rings is 2. The highest BCUT2D eigenvalue weighted by Crippen LogP contribution is 2.29. The summed E-state index contributed by atoms with van der Waals surface area (Å²) in [7, 11) is 0. The Morgan fingerprint density at radius 2 is 1.63 bits per heavy atom. The fraction of sp³-hybridized carbons (Fsp3) is 0.407. The molecule has 0 aliphatic carbocycles. The van der Waals surface area contributed by atoms with Gasteiger partial charge in [-0.1, -0.05) is 60.7 Å². The summed E-state index contributed by atoms with van der Waals surface area (Å²) in [5, 5.41) is 8.33. The zero-order valence-electron chi connectivity index (χ0n) is 21.5. The van der Waals surface area contributed by atoms with Crippen LogP contribution in [0.1, 0.15) is 31.0 Å². The molecule has 38 heavy (non-hydrogen) atoms. The lowest BCUT2D eigenvalue weighted by atomic mass is 10.00. The highest BCUT2D eigenvalue weighted by Gasteiger charge is 2.38. The summed E-state index contributed by atoms with van der Waals surface area (Å²) in [5.41, 5.74) is 13.3. The standard InChI is InChI=1S/C27H35N5O4S2/c1-27(2)22(23(29)33)32-24(34)19(15-17-9-5-3-6-10-17)30-25(35)20(16-37-13-14-38-27)31-26(36)21(28)18-11-7-4-8-12-18/h3-12,19-22H,13-16,28H2,1-2H3,(H2,29,33)(H,30,35)(H,31,36)(H,32,34)/t19-,20?,21-,22-/m0/s1. The quantitative estimate of drug-likeness (QED) is 0.356. The number of carbonyl (C=O) groups excluding carboxylic acids is 4. The zero-order chi connectivity index (χ0) is 27.7. The van der Waals surface area contributed by atoms with Crippen LogP contribution >= 0.6 is 23.5 Å². The van der Waals surface area contributed by atoms with E-state index in [9.17, 15) is 19.2 Å². The Morgan fingerprint density at radius 1 is 1.00 bits per heavy atom. The molecule has 1 fully saturated rings. The Morgan fingerprint density at radius 3 is 2.26 bits per heavy atom. The van der Waals surface area contributed by atoms with Gasteiger partial charge in [-0.05, 0) is 25.0 Å².